The summed E-state index contributed by atoms with van der Waals surface area (Å²) in [5, 5.41) is 12.3. The molecule has 10 heteroatoms. The highest BCUT2D eigenvalue weighted by molar-refractivity contribution is 5.95. The van der Waals surface area contributed by atoms with Crippen molar-refractivity contribution < 1.29 is 13.6 Å². The third kappa shape index (κ3) is 3.33. The van der Waals surface area contributed by atoms with E-state index in [0.29, 0.717) is 37.8 Å². The second-order valence-corrected chi connectivity index (χ2v) is 5.97. The van der Waals surface area contributed by atoms with E-state index in [1.54, 1.807) is 12.1 Å². The Labute approximate surface area is 153 Å². The standard InChI is InChI=1S/C17H15F2N7O/c18-12-2-1-3-13(19)16(12)17(27)25-8-6-24(7-9-25)14-4-5-15(23-22-14)26-11-20-10-21-26/h1-5,10-11H,6-9H2. The van der Waals surface area contributed by atoms with Gasteiger partial charge >= 0.3 is 0 Å². The number of aromatic nitrogens is 5. The van der Waals surface area contributed by atoms with E-state index in [-0.39, 0.29) is 0 Å². The predicted molar refractivity (Wildman–Crippen MR) is 91.4 cm³/mol. The molecule has 27 heavy (non-hydrogen) atoms. The molecule has 0 aliphatic carbocycles. The Bertz CT molecular complexity index is 918. The molecule has 1 saturated heterocycles. The summed E-state index contributed by atoms with van der Waals surface area (Å²) >= 11 is 0. The molecule has 0 spiro atoms. The van der Waals surface area contributed by atoms with Crippen LogP contribution < -0.4 is 4.90 Å². The van der Waals surface area contributed by atoms with Crippen LogP contribution in [0.1, 0.15) is 10.4 Å². The Hall–Kier alpha value is -3.43. The molecule has 2 aromatic heterocycles. The van der Waals surface area contributed by atoms with Gasteiger partial charge in [0, 0.05) is 26.2 Å². The first-order valence-corrected chi connectivity index (χ1v) is 8.30. The molecule has 1 aliphatic heterocycles. The normalized spacial score (nSPS) is 14.4. The van der Waals surface area contributed by atoms with Crippen molar-refractivity contribution in [1.29, 1.82) is 0 Å². The topological polar surface area (TPSA) is 80.0 Å². The molecule has 1 amide bonds. The molecule has 0 bridgehead atoms. The number of halogens is 2. The maximum atomic E-state index is 13.8. The quantitative estimate of drug-likeness (QED) is 0.690. The fourth-order valence-electron chi connectivity index (χ4n) is 2.93. The van der Waals surface area contributed by atoms with Crippen LogP contribution >= 0.6 is 0 Å². The second kappa shape index (κ2) is 7.06. The van der Waals surface area contributed by atoms with Crippen molar-refractivity contribution in [2.24, 2.45) is 0 Å². The monoisotopic (exact) mass is 371 g/mol. The summed E-state index contributed by atoms with van der Waals surface area (Å²) < 4.78 is 29.1. The van der Waals surface area contributed by atoms with Crippen molar-refractivity contribution in [3.05, 3.63) is 60.2 Å². The van der Waals surface area contributed by atoms with Crippen LogP contribution in [0.5, 0.6) is 0 Å². The molecule has 4 rings (SSSR count). The van der Waals surface area contributed by atoms with Crippen molar-refractivity contribution in [1.82, 2.24) is 29.9 Å². The zero-order chi connectivity index (χ0) is 18.8. The fourth-order valence-corrected chi connectivity index (χ4v) is 2.93. The van der Waals surface area contributed by atoms with Gasteiger partial charge in [0.25, 0.3) is 5.91 Å². The minimum absolute atomic E-state index is 0.332. The van der Waals surface area contributed by atoms with Gasteiger partial charge in [0.1, 0.15) is 29.9 Å². The summed E-state index contributed by atoms with van der Waals surface area (Å²) in [6, 6.07) is 6.97. The third-order valence-corrected chi connectivity index (χ3v) is 4.36. The summed E-state index contributed by atoms with van der Waals surface area (Å²) in [5.74, 6) is -1.14. The molecule has 3 aromatic rings. The Morgan fingerprint density at radius 2 is 1.59 bits per heavy atom. The molecule has 1 fully saturated rings. The Morgan fingerprint density at radius 1 is 0.926 bits per heavy atom. The smallest absolute Gasteiger partial charge is 0.259 e. The van der Waals surface area contributed by atoms with E-state index in [4.69, 9.17) is 0 Å². The van der Waals surface area contributed by atoms with Crippen LogP contribution in [0.15, 0.2) is 43.0 Å². The highest BCUT2D eigenvalue weighted by atomic mass is 19.1. The van der Waals surface area contributed by atoms with Crippen LogP contribution in [0.2, 0.25) is 0 Å². The SMILES string of the molecule is O=C(c1c(F)cccc1F)N1CCN(c2ccc(-n3cncn3)nn2)CC1. The zero-order valence-corrected chi connectivity index (χ0v) is 14.2. The first-order chi connectivity index (χ1) is 13.1. The number of carbonyl (C=O) groups excluding carboxylic acids is 1. The van der Waals surface area contributed by atoms with Gasteiger partial charge in [0.2, 0.25) is 0 Å². The van der Waals surface area contributed by atoms with E-state index in [9.17, 15) is 13.6 Å². The Balaban J connectivity index is 1.42. The minimum Gasteiger partial charge on any atom is -0.352 e. The van der Waals surface area contributed by atoms with Crippen LogP contribution in [0, 0.1) is 11.6 Å². The second-order valence-electron chi connectivity index (χ2n) is 5.97. The minimum atomic E-state index is -0.850. The Morgan fingerprint density at radius 3 is 2.19 bits per heavy atom. The molecule has 0 atom stereocenters. The summed E-state index contributed by atoms with van der Waals surface area (Å²) in [5.41, 5.74) is -0.511. The number of carbonyl (C=O) groups is 1. The first-order valence-electron chi connectivity index (χ1n) is 8.30. The highest BCUT2D eigenvalue weighted by Crippen LogP contribution is 2.18. The molecule has 8 nitrogen and oxygen atoms in total. The van der Waals surface area contributed by atoms with Gasteiger partial charge in [0.05, 0.1) is 0 Å². The van der Waals surface area contributed by atoms with Crippen LogP contribution in [0.25, 0.3) is 5.82 Å². The maximum Gasteiger partial charge on any atom is 0.259 e. The van der Waals surface area contributed by atoms with Gasteiger partial charge in [-0.25, -0.2) is 18.4 Å². The number of rotatable bonds is 3. The molecule has 0 unspecified atom stereocenters. The summed E-state index contributed by atoms with van der Waals surface area (Å²) in [6.45, 7) is 1.64. The molecule has 0 radical (unpaired) electrons. The van der Waals surface area contributed by atoms with Crippen molar-refractivity contribution in [3.63, 3.8) is 0 Å². The van der Waals surface area contributed by atoms with Crippen molar-refractivity contribution >= 4 is 11.7 Å². The van der Waals surface area contributed by atoms with E-state index in [1.807, 2.05) is 4.90 Å². The van der Waals surface area contributed by atoms with E-state index < -0.39 is 23.1 Å². The molecule has 0 saturated carbocycles. The summed E-state index contributed by atoms with van der Waals surface area (Å²) in [6.07, 6.45) is 2.93. The number of benzene rings is 1. The van der Waals surface area contributed by atoms with Gasteiger partial charge in [-0.2, -0.15) is 5.10 Å². The van der Waals surface area contributed by atoms with E-state index in [1.165, 1.54) is 28.3 Å². The van der Waals surface area contributed by atoms with Gasteiger partial charge in [0.15, 0.2) is 11.6 Å². The van der Waals surface area contributed by atoms with E-state index >= 15 is 0 Å². The molecule has 138 valence electrons. The fraction of sp³-hybridized carbons (Fsp3) is 0.235. The van der Waals surface area contributed by atoms with Crippen LogP contribution in [-0.2, 0) is 0 Å². The lowest BCUT2D eigenvalue weighted by molar-refractivity contribution is 0.0736. The molecule has 3 heterocycles. The van der Waals surface area contributed by atoms with Gasteiger partial charge < -0.3 is 9.80 Å². The lowest BCUT2D eigenvalue weighted by Gasteiger charge is -2.35. The lowest BCUT2D eigenvalue weighted by Crippen LogP contribution is -2.49. The van der Waals surface area contributed by atoms with Crippen LogP contribution in [0.3, 0.4) is 0 Å². The van der Waals surface area contributed by atoms with Gasteiger partial charge in [-0.3, -0.25) is 4.79 Å². The number of nitrogens with zero attached hydrogens (tertiary/aromatic N) is 7. The average Bonchev–Trinajstić information content (AvgIpc) is 3.23. The Kier molecular flexibility index (Phi) is 4.45. The first kappa shape index (κ1) is 17.0. The molecular weight excluding hydrogens is 356 g/mol. The summed E-state index contributed by atoms with van der Waals surface area (Å²) in [4.78, 5) is 19.7. The third-order valence-electron chi connectivity index (χ3n) is 4.36. The number of amides is 1. The highest BCUT2D eigenvalue weighted by Gasteiger charge is 2.27. The van der Waals surface area contributed by atoms with Gasteiger partial charge in [-0.1, -0.05) is 6.07 Å². The number of anilines is 1. The number of hydrogen-bond acceptors (Lipinski definition) is 6. The van der Waals surface area contributed by atoms with E-state index in [0.717, 1.165) is 12.1 Å². The van der Waals surface area contributed by atoms with Gasteiger partial charge in [-0.15, -0.1) is 10.2 Å². The summed E-state index contributed by atoms with van der Waals surface area (Å²) in [7, 11) is 0. The van der Waals surface area contributed by atoms with Crippen molar-refractivity contribution in [2.75, 3.05) is 31.1 Å². The van der Waals surface area contributed by atoms with Crippen LogP contribution in [0.4, 0.5) is 14.6 Å². The largest absolute Gasteiger partial charge is 0.352 e. The molecule has 1 aromatic carbocycles. The van der Waals surface area contributed by atoms with Crippen molar-refractivity contribution in [3.8, 4) is 5.82 Å². The van der Waals surface area contributed by atoms with Crippen LogP contribution in [-0.4, -0.2) is 61.9 Å². The number of hydrogen-bond donors (Lipinski definition) is 0. The molecular formula is C17H15F2N7O. The molecule has 0 N–H and O–H groups in total. The molecule has 1 aliphatic rings. The van der Waals surface area contributed by atoms with E-state index in [2.05, 4.69) is 20.3 Å². The zero-order valence-electron chi connectivity index (χ0n) is 14.2. The number of piperazine rings is 1. The lowest BCUT2D eigenvalue weighted by atomic mass is 10.1. The maximum absolute atomic E-state index is 13.8. The average molecular weight is 371 g/mol. The van der Waals surface area contributed by atoms with Gasteiger partial charge in [-0.05, 0) is 24.3 Å². The van der Waals surface area contributed by atoms with Crippen molar-refractivity contribution in [2.45, 2.75) is 0 Å². The predicted octanol–water partition coefficient (Wildman–Crippen LogP) is 1.30.